The fraction of sp³-hybridized carbons (Fsp3) is 0.550. The highest BCUT2D eigenvalue weighted by molar-refractivity contribution is 5.76. The number of hydrogen-bond donors (Lipinski definition) is 0. The number of amides is 1. The second-order valence-electron chi connectivity index (χ2n) is 7.46. The number of carbonyl (C=O) groups excluding carboxylic acids is 1. The van der Waals surface area contributed by atoms with Gasteiger partial charge in [-0.05, 0) is 44.1 Å². The Morgan fingerprint density at radius 2 is 2.12 bits per heavy atom. The molecule has 1 saturated carbocycles. The maximum Gasteiger partial charge on any atom is 0.266 e. The van der Waals surface area contributed by atoms with Crippen LogP contribution < -0.4 is 0 Å². The number of nitrogens with zero attached hydrogens (tertiary/aromatic N) is 3. The Bertz CT molecular complexity index is 759. The van der Waals surface area contributed by atoms with Gasteiger partial charge in [-0.25, -0.2) is 4.39 Å². The number of carbonyl (C=O) groups is 1. The Labute approximate surface area is 152 Å². The Hall–Kier alpha value is -2.24. The van der Waals surface area contributed by atoms with Gasteiger partial charge in [0, 0.05) is 18.9 Å². The normalized spacial score (nSPS) is 23.2. The monoisotopic (exact) mass is 357 g/mol. The molecule has 1 aromatic heterocycles. The lowest BCUT2D eigenvalue weighted by atomic mass is 9.94. The van der Waals surface area contributed by atoms with Gasteiger partial charge in [-0.3, -0.25) is 4.79 Å². The lowest BCUT2D eigenvalue weighted by molar-refractivity contribution is -0.136. The van der Waals surface area contributed by atoms with E-state index in [0.29, 0.717) is 37.5 Å². The molecule has 1 amide bonds. The molecule has 1 aliphatic carbocycles. The standard InChI is InChI=1S/C20H24FN3O2/c21-20(19-22-18(23-26-19)16-10-11-16)12-5-13-24(14-20)17(25)9-4-8-15-6-2-1-3-7-15/h1-3,6-7,16H,4-5,8-14H2. The Morgan fingerprint density at radius 1 is 1.31 bits per heavy atom. The first-order chi connectivity index (χ1) is 12.6. The topological polar surface area (TPSA) is 59.2 Å². The van der Waals surface area contributed by atoms with Crippen molar-refractivity contribution in [2.75, 3.05) is 13.1 Å². The van der Waals surface area contributed by atoms with Gasteiger partial charge >= 0.3 is 0 Å². The fourth-order valence-electron chi connectivity index (χ4n) is 3.57. The van der Waals surface area contributed by atoms with Crippen molar-refractivity contribution in [3.05, 3.63) is 47.6 Å². The summed E-state index contributed by atoms with van der Waals surface area (Å²) in [6, 6.07) is 10.1. The maximum atomic E-state index is 15.4. The second kappa shape index (κ2) is 7.17. The van der Waals surface area contributed by atoms with Crippen molar-refractivity contribution in [3.8, 4) is 0 Å². The average molecular weight is 357 g/mol. The highest BCUT2D eigenvalue weighted by atomic mass is 19.1. The van der Waals surface area contributed by atoms with Gasteiger partial charge in [0.2, 0.25) is 11.6 Å². The molecule has 0 spiro atoms. The highest BCUT2D eigenvalue weighted by Crippen LogP contribution is 2.40. The zero-order valence-corrected chi connectivity index (χ0v) is 14.9. The SMILES string of the molecule is O=C(CCCc1ccccc1)N1CCCC(F)(c2nc(C3CC3)no2)C1. The van der Waals surface area contributed by atoms with Crippen LogP contribution in [0.5, 0.6) is 0 Å². The minimum atomic E-state index is -1.71. The maximum absolute atomic E-state index is 15.4. The molecule has 4 rings (SSSR count). The quantitative estimate of drug-likeness (QED) is 0.790. The van der Waals surface area contributed by atoms with Crippen molar-refractivity contribution in [2.45, 2.75) is 56.5 Å². The van der Waals surface area contributed by atoms with Gasteiger partial charge in [-0.1, -0.05) is 35.5 Å². The summed E-state index contributed by atoms with van der Waals surface area (Å²) in [7, 11) is 0. The molecule has 1 unspecified atom stereocenters. The summed E-state index contributed by atoms with van der Waals surface area (Å²) in [5.74, 6) is 0.990. The minimum absolute atomic E-state index is 0.00425. The zero-order chi connectivity index (χ0) is 18.0. The molecule has 2 fully saturated rings. The van der Waals surface area contributed by atoms with E-state index < -0.39 is 5.67 Å². The predicted octanol–water partition coefficient (Wildman–Crippen LogP) is 3.76. The van der Waals surface area contributed by atoms with Crippen LogP contribution in [0, 0.1) is 0 Å². The number of benzene rings is 1. The van der Waals surface area contributed by atoms with Gasteiger partial charge < -0.3 is 9.42 Å². The first-order valence-corrected chi connectivity index (χ1v) is 9.49. The second-order valence-corrected chi connectivity index (χ2v) is 7.46. The van der Waals surface area contributed by atoms with Crippen LogP contribution in [0.25, 0.3) is 0 Å². The van der Waals surface area contributed by atoms with Crippen molar-refractivity contribution < 1.29 is 13.7 Å². The van der Waals surface area contributed by atoms with Crippen molar-refractivity contribution >= 4 is 5.91 Å². The number of likely N-dealkylation sites (tertiary alicyclic amines) is 1. The van der Waals surface area contributed by atoms with Crippen molar-refractivity contribution in [1.29, 1.82) is 0 Å². The summed E-state index contributed by atoms with van der Waals surface area (Å²) in [6.45, 7) is 0.614. The number of alkyl halides is 1. The van der Waals surface area contributed by atoms with E-state index in [4.69, 9.17) is 4.52 Å². The number of halogens is 1. The molecule has 1 saturated heterocycles. The number of piperidine rings is 1. The summed E-state index contributed by atoms with van der Waals surface area (Å²) in [4.78, 5) is 18.4. The van der Waals surface area contributed by atoms with Crippen LogP contribution in [-0.4, -0.2) is 34.0 Å². The van der Waals surface area contributed by atoms with Crippen LogP contribution >= 0.6 is 0 Å². The molecule has 6 heteroatoms. The molecule has 1 aliphatic heterocycles. The van der Waals surface area contributed by atoms with Crippen molar-refractivity contribution in [3.63, 3.8) is 0 Å². The van der Waals surface area contributed by atoms with Crippen LogP contribution in [0.1, 0.15) is 61.7 Å². The van der Waals surface area contributed by atoms with Crippen LogP contribution in [0.3, 0.4) is 0 Å². The van der Waals surface area contributed by atoms with E-state index >= 15 is 4.39 Å². The van der Waals surface area contributed by atoms with E-state index in [1.54, 1.807) is 4.90 Å². The number of aromatic nitrogens is 2. The van der Waals surface area contributed by atoms with E-state index in [2.05, 4.69) is 22.3 Å². The first-order valence-electron chi connectivity index (χ1n) is 9.49. The Morgan fingerprint density at radius 3 is 2.88 bits per heavy atom. The lowest BCUT2D eigenvalue weighted by Gasteiger charge is -2.35. The third kappa shape index (κ3) is 3.79. The van der Waals surface area contributed by atoms with Crippen LogP contribution in [0.2, 0.25) is 0 Å². The third-order valence-electron chi connectivity index (χ3n) is 5.26. The molecule has 0 radical (unpaired) electrons. The molecule has 2 heterocycles. The third-order valence-corrected chi connectivity index (χ3v) is 5.26. The molecule has 138 valence electrons. The number of rotatable bonds is 6. The molecule has 2 aromatic rings. The molecular weight excluding hydrogens is 333 g/mol. The largest absolute Gasteiger partial charge is 0.339 e. The van der Waals surface area contributed by atoms with E-state index in [9.17, 15) is 4.79 Å². The van der Waals surface area contributed by atoms with E-state index in [-0.39, 0.29) is 18.3 Å². The smallest absolute Gasteiger partial charge is 0.266 e. The van der Waals surface area contributed by atoms with Gasteiger partial charge in [0.1, 0.15) is 0 Å². The summed E-state index contributed by atoms with van der Waals surface area (Å²) in [6.07, 6.45) is 5.09. The van der Waals surface area contributed by atoms with Crippen molar-refractivity contribution in [2.24, 2.45) is 0 Å². The molecule has 1 atom stereocenters. The highest BCUT2D eigenvalue weighted by Gasteiger charge is 2.44. The van der Waals surface area contributed by atoms with Gasteiger partial charge in [0.15, 0.2) is 5.82 Å². The molecule has 1 aromatic carbocycles. The van der Waals surface area contributed by atoms with Crippen LogP contribution in [0.15, 0.2) is 34.9 Å². The summed E-state index contributed by atoms with van der Waals surface area (Å²) in [5.41, 5.74) is -0.495. The molecule has 2 aliphatic rings. The van der Waals surface area contributed by atoms with Crippen LogP contribution in [-0.2, 0) is 16.9 Å². The average Bonchev–Trinajstić information content (AvgIpc) is 3.38. The van der Waals surface area contributed by atoms with Gasteiger partial charge in [-0.2, -0.15) is 4.98 Å². The summed E-state index contributed by atoms with van der Waals surface area (Å²) in [5, 5.41) is 3.92. The molecule has 0 N–H and O–H groups in total. The number of hydrogen-bond acceptors (Lipinski definition) is 4. The molecule has 5 nitrogen and oxygen atoms in total. The van der Waals surface area contributed by atoms with Crippen molar-refractivity contribution in [1.82, 2.24) is 15.0 Å². The van der Waals surface area contributed by atoms with E-state index in [1.807, 2.05) is 18.2 Å². The van der Waals surface area contributed by atoms with Gasteiger partial charge in [-0.15, -0.1) is 0 Å². The first kappa shape index (κ1) is 17.2. The summed E-state index contributed by atoms with van der Waals surface area (Å²) >= 11 is 0. The number of aryl methyl sites for hydroxylation is 1. The Kier molecular flexibility index (Phi) is 4.74. The Balaban J connectivity index is 1.33. The van der Waals surface area contributed by atoms with E-state index in [0.717, 1.165) is 25.7 Å². The van der Waals surface area contributed by atoms with Crippen LogP contribution in [0.4, 0.5) is 4.39 Å². The zero-order valence-electron chi connectivity index (χ0n) is 14.9. The minimum Gasteiger partial charge on any atom is -0.339 e. The van der Waals surface area contributed by atoms with Gasteiger partial charge in [0.05, 0.1) is 6.54 Å². The lowest BCUT2D eigenvalue weighted by Crippen LogP contribution is -2.46. The predicted molar refractivity (Wildman–Crippen MR) is 94.3 cm³/mol. The fourth-order valence-corrected chi connectivity index (χ4v) is 3.57. The van der Waals surface area contributed by atoms with E-state index in [1.165, 1.54) is 5.56 Å². The molecule has 26 heavy (non-hydrogen) atoms. The molecule has 0 bridgehead atoms. The summed E-state index contributed by atoms with van der Waals surface area (Å²) < 4.78 is 20.6. The van der Waals surface area contributed by atoms with Gasteiger partial charge in [0.25, 0.3) is 5.89 Å². The molecular formula is C20H24FN3O2.